The predicted octanol–water partition coefficient (Wildman–Crippen LogP) is 5.52. The van der Waals surface area contributed by atoms with E-state index in [1.54, 1.807) is 48.5 Å². The Morgan fingerprint density at radius 1 is 1.03 bits per heavy atom. The van der Waals surface area contributed by atoms with Crippen molar-refractivity contribution in [2.75, 3.05) is 11.1 Å². The molecule has 0 aliphatic carbocycles. The lowest BCUT2D eigenvalue weighted by atomic mass is 10.0. The van der Waals surface area contributed by atoms with Crippen LogP contribution in [0.3, 0.4) is 0 Å². The maximum absolute atomic E-state index is 12.5. The number of nitrogens with one attached hydrogen (secondary N) is 1. The lowest BCUT2D eigenvalue weighted by Gasteiger charge is -2.11. The maximum atomic E-state index is 12.5. The van der Waals surface area contributed by atoms with Crippen molar-refractivity contribution in [2.45, 2.75) is 25.8 Å². The van der Waals surface area contributed by atoms with E-state index in [-0.39, 0.29) is 17.2 Å². The van der Waals surface area contributed by atoms with E-state index in [1.165, 1.54) is 11.8 Å². The Bertz CT molecular complexity index is 1510. The zero-order chi connectivity index (χ0) is 25.1. The first-order valence-corrected chi connectivity index (χ1v) is 11.8. The number of aromatic carboxylic acids is 1. The number of para-hydroxylation sites is 1. The Morgan fingerprint density at radius 2 is 1.74 bits per heavy atom. The third-order valence-electron chi connectivity index (χ3n) is 5.83. The van der Waals surface area contributed by atoms with Crippen LogP contribution in [0.1, 0.15) is 32.7 Å². The highest BCUT2D eigenvalue weighted by Crippen LogP contribution is 2.28. The van der Waals surface area contributed by atoms with Crippen LogP contribution in [0.2, 0.25) is 0 Å². The summed E-state index contributed by atoms with van der Waals surface area (Å²) in [7, 11) is 0. The molecule has 0 fully saturated rings. The minimum atomic E-state index is -1.01. The van der Waals surface area contributed by atoms with Gasteiger partial charge in [0, 0.05) is 22.3 Å². The van der Waals surface area contributed by atoms with Gasteiger partial charge in [-0.2, -0.15) is 5.26 Å². The van der Waals surface area contributed by atoms with Crippen molar-refractivity contribution in [2.24, 2.45) is 0 Å². The molecular formula is C27H22N4O3S. The summed E-state index contributed by atoms with van der Waals surface area (Å²) in [6, 6.07) is 17.9. The van der Waals surface area contributed by atoms with Gasteiger partial charge in [-0.15, -0.1) is 0 Å². The van der Waals surface area contributed by atoms with Gasteiger partial charge in [0.25, 0.3) is 0 Å². The van der Waals surface area contributed by atoms with Crippen LogP contribution in [0.25, 0.3) is 22.2 Å². The highest BCUT2D eigenvalue weighted by molar-refractivity contribution is 8.00. The molecule has 0 radical (unpaired) electrons. The summed E-state index contributed by atoms with van der Waals surface area (Å²) in [5.41, 5.74) is 5.86. The standard InChI is InChI=1S/C27H22N4O3S/c1-15-16(2)22(13-28)26(29-17(15)3)35-14-25(32)30-19-10-8-18(9-11-19)24-12-21(27(33)34)20-6-4-5-7-23(20)31-24/h4-12H,14H2,1-3H3,(H,30,32)(H,33,34). The van der Waals surface area contributed by atoms with Crippen LogP contribution in [0.5, 0.6) is 0 Å². The monoisotopic (exact) mass is 482 g/mol. The van der Waals surface area contributed by atoms with Gasteiger partial charge in [0.05, 0.1) is 28.1 Å². The zero-order valence-corrected chi connectivity index (χ0v) is 20.2. The van der Waals surface area contributed by atoms with Crippen LogP contribution in [0.4, 0.5) is 5.69 Å². The Balaban J connectivity index is 1.48. The van der Waals surface area contributed by atoms with Gasteiger partial charge >= 0.3 is 5.97 Å². The number of carboxylic acid groups (broad SMARTS) is 1. The largest absolute Gasteiger partial charge is 0.478 e. The molecule has 0 aliphatic heterocycles. The van der Waals surface area contributed by atoms with Gasteiger partial charge in [-0.1, -0.05) is 42.1 Å². The number of benzene rings is 2. The molecule has 7 nitrogen and oxygen atoms in total. The number of hydrogen-bond acceptors (Lipinski definition) is 6. The van der Waals surface area contributed by atoms with Crippen LogP contribution in [-0.4, -0.2) is 32.7 Å². The van der Waals surface area contributed by atoms with Gasteiger partial charge in [-0.25, -0.2) is 14.8 Å². The first kappa shape index (κ1) is 23.9. The minimum absolute atomic E-state index is 0.111. The molecule has 0 unspecified atom stereocenters. The molecular weight excluding hydrogens is 460 g/mol. The molecule has 2 aromatic carbocycles. The highest BCUT2D eigenvalue weighted by Gasteiger charge is 2.15. The van der Waals surface area contributed by atoms with Gasteiger partial charge in [0.2, 0.25) is 5.91 Å². The maximum Gasteiger partial charge on any atom is 0.336 e. The first-order chi connectivity index (χ1) is 16.8. The number of aryl methyl sites for hydroxylation is 1. The van der Waals surface area contributed by atoms with E-state index in [2.05, 4.69) is 21.4 Å². The SMILES string of the molecule is Cc1nc(SCC(=O)Nc2ccc(-c3cc(C(=O)O)c4ccccc4n3)cc2)c(C#N)c(C)c1C. The second-order valence-electron chi connectivity index (χ2n) is 8.03. The average Bonchev–Trinajstić information content (AvgIpc) is 2.85. The van der Waals surface area contributed by atoms with E-state index in [1.807, 2.05) is 26.8 Å². The van der Waals surface area contributed by atoms with Gasteiger partial charge in [-0.05, 0) is 56.2 Å². The fourth-order valence-corrected chi connectivity index (χ4v) is 4.59. The summed E-state index contributed by atoms with van der Waals surface area (Å²) < 4.78 is 0. The number of thioether (sulfide) groups is 1. The van der Waals surface area contributed by atoms with E-state index in [0.717, 1.165) is 22.4 Å². The molecule has 0 atom stereocenters. The Labute approximate surface area is 206 Å². The molecule has 0 saturated carbocycles. The second kappa shape index (κ2) is 9.95. The molecule has 4 aromatic rings. The summed E-state index contributed by atoms with van der Waals surface area (Å²) in [5, 5.41) is 23.1. The molecule has 2 N–H and O–H groups in total. The molecule has 1 amide bonds. The Hall–Kier alpha value is -4.22. The molecule has 4 rings (SSSR count). The lowest BCUT2D eigenvalue weighted by molar-refractivity contribution is -0.113. The molecule has 2 heterocycles. The molecule has 8 heteroatoms. The number of nitrogens with zero attached hydrogens (tertiary/aromatic N) is 3. The highest BCUT2D eigenvalue weighted by atomic mass is 32.2. The minimum Gasteiger partial charge on any atom is -0.478 e. The van der Waals surface area contributed by atoms with Crippen molar-refractivity contribution in [3.63, 3.8) is 0 Å². The van der Waals surface area contributed by atoms with E-state index < -0.39 is 5.97 Å². The molecule has 0 aliphatic rings. The van der Waals surface area contributed by atoms with Crippen LogP contribution in [-0.2, 0) is 4.79 Å². The molecule has 2 aromatic heterocycles. The number of carboxylic acids is 1. The smallest absolute Gasteiger partial charge is 0.336 e. The summed E-state index contributed by atoms with van der Waals surface area (Å²) in [5.74, 6) is -1.12. The number of nitriles is 1. The van der Waals surface area contributed by atoms with Crippen molar-refractivity contribution in [3.05, 3.63) is 82.5 Å². The number of carbonyl (C=O) groups is 2. The number of amides is 1. The van der Waals surface area contributed by atoms with E-state index in [0.29, 0.717) is 32.9 Å². The van der Waals surface area contributed by atoms with E-state index in [4.69, 9.17) is 0 Å². The molecule has 0 bridgehead atoms. The summed E-state index contributed by atoms with van der Waals surface area (Å²) in [6.07, 6.45) is 0. The number of hydrogen-bond donors (Lipinski definition) is 2. The lowest BCUT2D eigenvalue weighted by Crippen LogP contribution is -2.14. The van der Waals surface area contributed by atoms with Crippen LogP contribution in [0.15, 0.2) is 59.6 Å². The number of anilines is 1. The topological polar surface area (TPSA) is 116 Å². The summed E-state index contributed by atoms with van der Waals surface area (Å²) >= 11 is 1.23. The molecule has 0 saturated heterocycles. The number of fused-ring (bicyclic) bond motifs is 1. The van der Waals surface area contributed by atoms with Gasteiger partial charge in [-0.3, -0.25) is 4.79 Å². The number of aromatic nitrogens is 2. The Morgan fingerprint density at radius 3 is 2.43 bits per heavy atom. The van der Waals surface area contributed by atoms with Crippen molar-refractivity contribution < 1.29 is 14.7 Å². The van der Waals surface area contributed by atoms with Crippen molar-refractivity contribution >= 4 is 40.2 Å². The number of rotatable bonds is 6. The third-order valence-corrected chi connectivity index (χ3v) is 6.80. The molecule has 0 spiro atoms. The fraction of sp³-hybridized carbons (Fsp3) is 0.148. The molecule has 174 valence electrons. The zero-order valence-electron chi connectivity index (χ0n) is 19.4. The third kappa shape index (κ3) is 5.00. The average molecular weight is 483 g/mol. The van der Waals surface area contributed by atoms with Gasteiger partial charge in [0.1, 0.15) is 11.1 Å². The van der Waals surface area contributed by atoms with Crippen LogP contribution in [0, 0.1) is 32.1 Å². The Kier molecular flexibility index (Phi) is 6.80. The predicted molar refractivity (Wildman–Crippen MR) is 137 cm³/mol. The number of pyridine rings is 2. The first-order valence-electron chi connectivity index (χ1n) is 10.8. The van der Waals surface area contributed by atoms with E-state index >= 15 is 0 Å². The summed E-state index contributed by atoms with van der Waals surface area (Å²) in [4.78, 5) is 33.3. The van der Waals surface area contributed by atoms with Gasteiger partial charge in [0.15, 0.2) is 0 Å². The second-order valence-corrected chi connectivity index (χ2v) is 8.99. The van der Waals surface area contributed by atoms with Crippen molar-refractivity contribution in [1.29, 1.82) is 5.26 Å². The fourth-order valence-electron chi connectivity index (χ4n) is 3.70. The quantitative estimate of drug-likeness (QED) is 0.347. The van der Waals surface area contributed by atoms with Crippen LogP contribution >= 0.6 is 11.8 Å². The van der Waals surface area contributed by atoms with E-state index in [9.17, 15) is 20.0 Å². The molecule has 35 heavy (non-hydrogen) atoms. The van der Waals surface area contributed by atoms with Crippen LogP contribution < -0.4 is 5.32 Å². The van der Waals surface area contributed by atoms with Crippen molar-refractivity contribution in [1.82, 2.24) is 9.97 Å². The number of carbonyl (C=O) groups excluding carboxylic acids is 1. The van der Waals surface area contributed by atoms with Gasteiger partial charge < -0.3 is 10.4 Å². The summed E-state index contributed by atoms with van der Waals surface area (Å²) in [6.45, 7) is 5.70. The normalized spacial score (nSPS) is 10.7. The van der Waals surface area contributed by atoms with Crippen molar-refractivity contribution in [3.8, 4) is 17.3 Å².